The molecule has 4 heteroatoms. The van der Waals surface area contributed by atoms with Crippen molar-refractivity contribution in [2.75, 3.05) is 0 Å². The Morgan fingerprint density at radius 3 is 1.95 bits per heavy atom. The quantitative estimate of drug-likeness (QED) is 0.182. The van der Waals surface area contributed by atoms with Gasteiger partial charge < -0.3 is 4.74 Å². The summed E-state index contributed by atoms with van der Waals surface area (Å²) < 4.78 is 8.89. The van der Waals surface area contributed by atoms with E-state index in [2.05, 4.69) is 182 Å². The molecule has 1 aliphatic heterocycles. The number of aromatic nitrogens is 2. The van der Waals surface area contributed by atoms with E-state index in [-0.39, 0.29) is 0 Å². The van der Waals surface area contributed by atoms with E-state index >= 15 is 0 Å². The smallest absolute Gasteiger partial charge is 0.160 e. The average Bonchev–Trinajstić information content (AvgIpc) is 3.77. The van der Waals surface area contributed by atoms with Crippen LogP contribution < -0.4 is 4.74 Å². The summed E-state index contributed by atoms with van der Waals surface area (Å²) in [6.45, 7) is 0. The maximum absolute atomic E-state index is 6.58. The van der Waals surface area contributed by atoms with Gasteiger partial charge in [-0.25, -0.2) is 9.97 Å². The SMILES string of the molecule is c1cc(-c2ccc3c(c2)C2(c4ccccc4Oc4ccccc42)c2ccccc2-3)cc(-c2nc(-c3ccc4ccccc4c3)nc3c2sc2ccccc23)c1. The van der Waals surface area contributed by atoms with Gasteiger partial charge in [0.15, 0.2) is 5.82 Å². The van der Waals surface area contributed by atoms with Crippen LogP contribution in [0, 0.1) is 0 Å². The number of fused-ring (bicyclic) bond motifs is 13. The van der Waals surface area contributed by atoms with E-state index in [0.29, 0.717) is 0 Å². The van der Waals surface area contributed by atoms with Crippen LogP contribution in [-0.4, -0.2) is 9.97 Å². The lowest BCUT2D eigenvalue weighted by atomic mass is 9.66. The maximum Gasteiger partial charge on any atom is 0.160 e. The molecule has 3 heterocycles. The highest BCUT2D eigenvalue weighted by molar-refractivity contribution is 7.26. The molecule has 2 aromatic heterocycles. The fourth-order valence-electron chi connectivity index (χ4n) is 9.12. The molecule has 0 N–H and O–H groups in total. The Balaban J connectivity index is 1.07. The zero-order valence-corrected chi connectivity index (χ0v) is 30.3. The lowest BCUT2D eigenvalue weighted by Crippen LogP contribution is -2.32. The van der Waals surface area contributed by atoms with Crippen LogP contribution in [0.3, 0.4) is 0 Å². The van der Waals surface area contributed by atoms with Crippen LogP contribution in [0.1, 0.15) is 22.3 Å². The molecule has 0 radical (unpaired) electrons. The van der Waals surface area contributed by atoms with Gasteiger partial charge in [0.25, 0.3) is 0 Å². The fraction of sp³-hybridized carbons (Fsp3) is 0.0196. The number of rotatable bonds is 3. The fourth-order valence-corrected chi connectivity index (χ4v) is 10.3. The van der Waals surface area contributed by atoms with Gasteiger partial charge in [-0.2, -0.15) is 0 Å². The van der Waals surface area contributed by atoms with Crippen molar-refractivity contribution in [3.8, 4) is 56.4 Å². The van der Waals surface area contributed by atoms with Crippen molar-refractivity contribution in [1.82, 2.24) is 9.97 Å². The molecule has 8 aromatic carbocycles. The molecule has 1 spiro atoms. The number of nitrogens with zero attached hydrogens (tertiary/aromatic N) is 2. The molecule has 256 valence electrons. The summed E-state index contributed by atoms with van der Waals surface area (Å²) in [6, 6.07) is 65.4. The molecule has 0 bridgehead atoms. The van der Waals surface area contributed by atoms with Gasteiger partial charge in [0.1, 0.15) is 11.5 Å². The Morgan fingerprint density at radius 1 is 0.436 bits per heavy atom. The van der Waals surface area contributed by atoms with Crippen LogP contribution >= 0.6 is 11.3 Å². The lowest BCUT2D eigenvalue weighted by Gasteiger charge is -2.39. The minimum absolute atomic E-state index is 0.518. The number of hydrogen-bond acceptors (Lipinski definition) is 4. The summed E-state index contributed by atoms with van der Waals surface area (Å²) in [5.41, 5.74) is 13.2. The van der Waals surface area contributed by atoms with Crippen LogP contribution in [-0.2, 0) is 5.41 Å². The molecule has 0 unspecified atom stereocenters. The van der Waals surface area contributed by atoms with Crippen molar-refractivity contribution in [3.63, 3.8) is 0 Å². The van der Waals surface area contributed by atoms with Gasteiger partial charge in [-0.05, 0) is 80.6 Å². The Morgan fingerprint density at radius 2 is 1.09 bits per heavy atom. The van der Waals surface area contributed by atoms with Gasteiger partial charge in [0, 0.05) is 32.3 Å². The van der Waals surface area contributed by atoms with Crippen molar-refractivity contribution < 1.29 is 4.74 Å². The van der Waals surface area contributed by atoms with Gasteiger partial charge in [0.05, 0.1) is 21.3 Å². The highest BCUT2D eigenvalue weighted by atomic mass is 32.1. The van der Waals surface area contributed by atoms with E-state index in [1.807, 2.05) is 0 Å². The lowest BCUT2D eigenvalue weighted by molar-refractivity contribution is 0.436. The molecular formula is C51H30N2OS. The second-order valence-corrected chi connectivity index (χ2v) is 15.5. The molecule has 1 aliphatic carbocycles. The number of ether oxygens (including phenoxy) is 1. The molecule has 0 saturated heterocycles. The molecule has 0 saturated carbocycles. The predicted molar refractivity (Wildman–Crippen MR) is 226 cm³/mol. The summed E-state index contributed by atoms with van der Waals surface area (Å²) in [5, 5.41) is 3.53. The molecule has 0 fully saturated rings. The van der Waals surface area contributed by atoms with Crippen LogP contribution in [0.15, 0.2) is 182 Å². The van der Waals surface area contributed by atoms with Crippen LogP contribution in [0.2, 0.25) is 0 Å². The molecular weight excluding hydrogens is 689 g/mol. The molecule has 2 aliphatic rings. The second-order valence-electron chi connectivity index (χ2n) is 14.5. The summed E-state index contributed by atoms with van der Waals surface area (Å²) in [5.74, 6) is 2.53. The van der Waals surface area contributed by atoms with Crippen molar-refractivity contribution in [3.05, 3.63) is 204 Å². The minimum Gasteiger partial charge on any atom is -0.457 e. The van der Waals surface area contributed by atoms with E-state index in [4.69, 9.17) is 14.7 Å². The summed E-state index contributed by atoms with van der Waals surface area (Å²) in [6.07, 6.45) is 0. The van der Waals surface area contributed by atoms with Crippen molar-refractivity contribution in [2.24, 2.45) is 0 Å². The van der Waals surface area contributed by atoms with Crippen LogP contribution in [0.25, 0.3) is 76.0 Å². The highest BCUT2D eigenvalue weighted by Gasteiger charge is 2.51. The standard InChI is InChI=1S/C51H30N2OS/c1-2-13-32-29-36(25-24-31(32)12-1)50-52-47(49-48(53-50)39-17-4-10-23-46(39)55-49)35-15-11-14-33(28-35)34-26-27-38-37-16-3-5-18-40(37)51(43(38)30-34)41-19-6-8-21-44(41)54-45-22-9-7-20-42(45)51/h1-30H. The van der Waals surface area contributed by atoms with Gasteiger partial charge in [-0.1, -0.05) is 146 Å². The Hall–Kier alpha value is -6.88. The van der Waals surface area contributed by atoms with Crippen molar-refractivity contribution in [2.45, 2.75) is 5.41 Å². The van der Waals surface area contributed by atoms with Gasteiger partial charge in [0.2, 0.25) is 0 Å². The Labute approximate surface area is 321 Å². The predicted octanol–water partition coefficient (Wildman–Crippen LogP) is 13.5. The number of para-hydroxylation sites is 2. The summed E-state index contributed by atoms with van der Waals surface area (Å²) >= 11 is 1.77. The average molecular weight is 719 g/mol. The van der Waals surface area contributed by atoms with E-state index in [1.165, 1.54) is 48.9 Å². The van der Waals surface area contributed by atoms with Crippen molar-refractivity contribution >= 4 is 42.4 Å². The first-order valence-electron chi connectivity index (χ1n) is 18.6. The molecule has 10 aromatic rings. The zero-order chi connectivity index (χ0) is 36.1. The van der Waals surface area contributed by atoms with Crippen molar-refractivity contribution in [1.29, 1.82) is 0 Å². The highest BCUT2D eigenvalue weighted by Crippen LogP contribution is 2.62. The minimum atomic E-state index is -0.518. The summed E-state index contributed by atoms with van der Waals surface area (Å²) in [7, 11) is 0. The van der Waals surface area contributed by atoms with Gasteiger partial charge >= 0.3 is 0 Å². The topological polar surface area (TPSA) is 35.0 Å². The van der Waals surface area contributed by atoms with Crippen LogP contribution in [0.4, 0.5) is 0 Å². The normalized spacial score (nSPS) is 13.4. The monoisotopic (exact) mass is 718 g/mol. The molecule has 0 amide bonds. The first-order valence-corrected chi connectivity index (χ1v) is 19.5. The van der Waals surface area contributed by atoms with Gasteiger partial charge in [-0.15, -0.1) is 11.3 Å². The molecule has 3 nitrogen and oxygen atoms in total. The number of hydrogen-bond donors (Lipinski definition) is 0. The molecule has 0 atom stereocenters. The zero-order valence-electron chi connectivity index (χ0n) is 29.5. The Kier molecular flexibility index (Phi) is 6.42. The maximum atomic E-state index is 6.58. The number of benzene rings is 8. The van der Waals surface area contributed by atoms with E-state index in [0.717, 1.165) is 60.9 Å². The first-order chi connectivity index (χ1) is 27.2. The third-order valence-corrected chi connectivity index (χ3v) is 12.7. The van der Waals surface area contributed by atoms with E-state index in [9.17, 15) is 0 Å². The van der Waals surface area contributed by atoms with E-state index < -0.39 is 5.41 Å². The summed E-state index contributed by atoms with van der Waals surface area (Å²) in [4.78, 5) is 10.6. The number of thiophene rings is 1. The molecule has 12 rings (SSSR count). The second kappa shape index (κ2) is 11.6. The Bertz CT molecular complexity index is 3170. The van der Waals surface area contributed by atoms with Gasteiger partial charge in [-0.3, -0.25) is 0 Å². The first kappa shape index (κ1) is 30.6. The van der Waals surface area contributed by atoms with E-state index in [1.54, 1.807) is 11.3 Å². The molecule has 55 heavy (non-hydrogen) atoms. The third kappa shape index (κ3) is 4.37. The largest absolute Gasteiger partial charge is 0.457 e. The van der Waals surface area contributed by atoms with Crippen LogP contribution in [0.5, 0.6) is 11.5 Å². The third-order valence-electron chi connectivity index (χ3n) is 11.5.